The van der Waals surface area contributed by atoms with Crippen molar-refractivity contribution >= 4 is 14.4 Å². The van der Waals surface area contributed by atoms with E-state index in [0.717, 1.165) is 19.5 Å². The van der Waals surface area contributed by atoms with E-state index in [9.17, 15) is 4.79 Å². The lowest BCUT2D eigenvalue weighted by Gasteiger charge is -2.35. The summed E-state index contributed by atoms with van der Waals surface area (Å²) in [6, 6.07) is 12.1. The Kier molecular flexibility index (Phi) is 30.2. The van der Waals surface area contributed by atoms with Crippen LogP contribution in [0, 0.1) is 5.92 Å². The van der Waals surface area contributed by atoms with Crippen molar-refractivity contribution in [2.75, 3.05) is 27.2 Å². The number of urea groups is 1. The largest absolute Gasteiger partial charge is 0.327 e. The topological polar surface area (TPSA) is 23.6 Å². The lowest BCUT2D eigenvalue weighted by Crippen LogP contribution is -2.49. The van der Waals surface area contributed by atoms with Crippen LogP contribution in [0.25, 0.3) is 0 Å². The lowest BCUT2D eigenvalue weighted by molar-refractivity contribution is 0.127. The van der Waals surface area contributed by atoms with Gasteiger partial charge in [0.25, 0.3) is 0 Å². The Balaban J connectivity index is -0.000000132. The predicted octanol–water partition coefficient (Wildman–Crippen LogP) is 5.39. The van der Waals surface area contributed by atoms with E-state index in [-0.39, 0.29) is 14.4 Å². The van der Waals surface area contributed by atoms with Crippen LogP contribution in [-0.2, 0) is 0 Å². The molecule has 1 heterocycles. The summed E-state index contributed by atoms with van der Waals surface area (Å²) < 4.78 is 0. The fraction of sp³-hybridized carbons (Fsp3) is 0.650. The van der Waals surface area contributed by atoms with Crippen LogP contribution in [0.4, 0.5) is 4.79 Å². The molecule has 0 unspecified atom stereocenters. The van der Waals surface area contributed by atoms with Crippen LogP contribution in [0.3, 0.4) is 0 Å². The average molecular weight is 335 g/mol. The highest BCUT2D eigenvalue weighted by Crippen LogP contribution is 2.13. The molecule has 0 aromatic heterocycles. The van der Waals surface area contributed by atoms with E-state index < -0.39 is 0 Å². The summed E-state index contributed by atoms with van der Waals surface area (Å²) in [6.07, 6.45) is 1.15. The molecule has 0 aliphatic carbocycles. The third-order valence-corrected chi connectivity index (χ3v) is 2.96. The van der Waals surface area contributed by atoms with E-state index in [0.29, 0.717) is 5.92 Å². The van der Waals surface area contributed by atoms with Crippen LogP contribution in [0.15, 0.2) is 36.4 Å². The molecule has 1 fully saturated rings. The molecule has 3 radical (unpaired) electrons. The molecule has 139 valence electrons. The number of hydrogen-bond acceptors (Lipinski definition) is 1. The number of hydrogen-bond donors (Lipinski definition) is 0. The maximum Gasteiger partial charge on any atom is 0.319 e. The summed E-state index contributed by atoms with van der Waals surface area (Å²) >= 11 is 0. The van der Waals surface area contributed by atoms with E-state index in [4.69, 9.17) is 0 Å². The molecular formula is C20H40BN2O. The van der Waals surface area contributed by atoms with E-state index in [1.165, 1.54) is 0 Å². The fourth-order valence-corrected chi connectivity index (χ4v) is 1.92. The van der Waals surface area contributed by atoms with Crippen molar-refractivity contribution in [1.82, 2.24) is 9.80 Å². The van der Waals surface area contributed by atoms with Crippen molar-refractivity contribution in [3.63, 3.8) is 0 Å². The van der Waals surface area contributed by atoms with Crippen LogP contribution in [-0.4, -0.2) is 51.4 Å². The molecule has 1 aliphatic rings. The quantitative estimate of drug-likeness (QED) is 0.631. The van der Waals surface area contributed by atoms with Crippen LogP contribution in [0.1, 0.15) is 54.9 Å². The Morgan fingerprint density at radius 3 is 1.25 bits per heavy atom. The fourth-order valence-electron chi connectivity index (χ4n) is 1.92. The first-order valence-corrected chi connectivity index (χ1v) is 9.11. The van der Waals surface area contributed by atoms with Crippen molar-refractivity contribution in [3.8, 4) is 0 Å². The molecule has 1 aliphatic heterocycles. The van der Waals surface area contributed by atoms with E-state index >= 15 is 0 Å². The van der Waals surface area contributed by atoms with E-state index in [2.05, 4.69) is 6.92 Å². The van der Waals surface area contributed by atoms with Gasteiger partial charge in [0.05, 0.1) is 0 Å². The average Bonchev–Trinajstić information content (AvgIpc) is 2.66. The number of benzene rings is 1. The van der Waals surface area contributed by atoms with Gasteiger partial charge in [-0.3, -0.25) is 0 Å². The molecule has 4 heteroatoms. The van der Waals surface area contributed by atoms with Gasteiger partial charge in [0.2, 0.25) is 0 Å². The number of amides is 2. The highest BCUT2D eigenvalue weighted by atomic mass is 16.2. The number of carbonyl (C=O) groups excluding carboxylic acids is 1. The van der Waals surface area contributed by atoms with Crippen LogP contribution < -0.4 is 0 Å². The zero-order chi connectivity index (χ0) is 18.7. The second kappa shape index (κ2) is 23.8. The van der Waals surface area contributed by atoms with Gasteiger partial charge < -0.3 is 9.80 Å². The molecule has 0 atom stereocenters. The Bertz CT molecular complexity index is 293. The second-order valence-electron chi connectivity index (χ2n) is 4.47. The normalized spacial score (nSPS) is 12.5. The summed E-state index contributed by atoms with van der Waals surface area (Å²) in [5.74, 6) is 0.655. The van der Waals surface area contributed by atoms with Gasteiger partial charge in [0, 0.05) is 35.6 Å². The molecule has 1 saturated heterocycles. The molecule has 0 N–H and O–H groups in total. The standard InChI is InChI=1S/C8H16N2O.C6H6.3C2H6.B/c1-4-7-5-9(2)8(11)10(3)6-7;1-2-4-6-5-3-1;3*1-2;/h7H,4-6H2,1-3H3;1-6H;3*1-2H3;. The molecule has 1 aromatic carbocycles. The molecule has 24 heavy (non-hydrogen) atoms. The van der Waals surface area contributed by atoms with Crippen LogP contribution in [0.5, 0.6) is 0 Å². The van der Waals surface area contributed by atoms with E-state index in [1.807, 2.05) is 92.0 Å². The van der Waals surface area contributed by atoms with Gasteiger partial charge in [-0.05, 0) is 12.3 Å². The molecule has 0 spiro atoms. The number of nitrogens with zero attached hydrogens (tertiary/aromatic N) is 2. The minimum Gasteiger partial charge on any atom is -0.327 e. The maximum atomic E-state index is 11.2. The summed E-state index contributed by atoms with van der Waals surface area (Å²) in [5, 5.41) is 0. The third kappa shape index (κ3) is 15.5. The van der Waals surface area contributed by atoms with Crippen LogP contribution in [0.2, 0.25) is 0 Å². The summed E-state index contributed by atoms with van der Waals surface area (Å²) in [4.78, 5) is 14.8. The van der Waals surface area contributed by atoms with E-state index in [1.54, 1.807) is 9.80 Å². The number of rotatable bonds is 1. The van der Waals surface area contributed by atoms with Crippen molar-refractivity contribution in [2.24, 2.45) is 5.92 Å². The van der Waals surface area contributed by atoms with Crippen molar-refractivity contribution in [3.05, 3.63) is 36.4 Å². The molecule has 3 nitrogen and oxygen atoms in total. The van der Waals surface area contributed by atoms with Gasteiger partial charge in [-0.25, -0.2) is 4.79 Å². The zero-order valence-electron chi connectivity index (χ0n) is 17.5. The zero-order valence-corrected chi connectivity index (χ0v) is 17.5. The van der Waals surface area contributed by atoms with Gasteiger partial charge in [-0.1, -0.05) is 84.9 Å². The van der Waals surface area contributed by atoms with Crippen molar-refractivity contribution in [2.45, 2.75) is 54.9 Å². The number of carbonyl (C=O) groups is 1. The molecule has 2 rings (SSSR count). The van der Waals surface area contributed by atoms with Gasteiger partial charge in [0.1, 0.15) is 0 Å². The molecule has 0 saturated carbocycles. The Morgan fingerprint density at radius 1 is 0.792 bits per heavy atom. The van der Waals surface area contributed by atoms with Crippen LogP contribution >= 0.6 is 0 Å². The minimum atomic E-state index is 0. The Labute approximate surface area is 154 Å². The predicted molar refractivity (Wildman–Crippen MR) is 111 cm³/mol. The maximum absolute atomic E-state index is 11.2. The summed E-state index contributed by atoms with van der Waals surface area (Å²) in [7, 11) is 3.72. The molecular weight excluding hydrogens is 295 g/mol. The highest BCUT2D eigenvalue weighted by Gasteiger charge is 2.25. The Morgan fingerprint density at radius 2 is 1.04 bits per heavy atom. The summed E-state index contributed by atoms with van der Waals surface area (Å²) in [5.41, 5.74) is 0. The first-order chi connectivity index (χ1) is 11.1. The van der Waals surface area contributed by atoms with Gasteiger partial charge >= 0.3 is 6.03 Å². The SMILES string of the molecule is CC.CC.CC.CCC1CN(C)C(=O)N(C)C1.[B].c1ccccc1. The second-order valence-corrected chi connectivity index (χ2v) is 4.47. The highest BCUT2D eigenvalue weighted by molar-refractivity contribution is 5.75. The molecule has 2 amide bonds. The monoisotopic (exact) mass is 335 g/mol. The third-order valence-electron chi connectivity index (χ3n) is 2.96. The van der Waals surface area contributed by atoms with Gasteiger partial charge in [-0.2, -0.15) is 0 Å². The first-order valence-electron chi connectivity index (χ1n) is 9.11. The summed E-state index contributed by atoms with van der Waals surface area (Å²) in [6.45, 7) is 16.0. The smallest absolute Gasteiger partial charge is 0.319 e. The van der Waals surface area contributed by atoms with Gasteiger partial charge in [0.15, 0.2) is 0 Å². The Hall–Kier alpha value is -1.45. The molecule has 0 bridgehead atoms. The van der Waals surface area contributed by atoms with Crippen molar-refractivity contribution in [1.29, 1.82) is 0 Å². The molecule has 1 aromatic rings. The van der Waals surface area contributed by atoms with Gasteiger partial charge in [-0.15, -0.1) is 0 Å². The van der Waals surface area contributed by atoms with Crippen molar-refractivity contribution < 1.29 is 4.79 Å². The first kappa shape index (κ1) is 30.4. The minimum absolute atomic E-state index is 0. The lowest BCUT2D eigenvalue weighted by atomic mass is 10.0.